The summed E-state index contributed by atoms with van der Waals surface area (Å²) in [7, 11) is 2.06. The van der Waals surface area contributed by atoms with Crippen LogP contribution in [0.25, 0.3) is 0 Å². The van der Waals surface area contributed by atoms with E-state index in [0.717, 1.165) is 68.9 Å². The van der Waals surface area contributed by atoms with Gasteiger partial charge in [0.15, 0.2) is 5.96 Å². The molecule has 1 N–H and O–H groups in total. The summed E-state index contributed by atoms with van der Waals surface area (Å²) in [4.78, 5) is 12.1. The maximum atomic E-state index is 6.31. The Balaban J connectivity index is 0.00000364. The topological polar surface area (TPSA) is 34.1 Å². The summed E-state index contributed by atoms with van der Waals surface area (Å²) in [6.07, 6.45) is 0. The molecular formula is C20H35ClIN5. The Morgan fingerprint density at radius 3 is 2.48 bits per heavy atom. The van der Waals surface area contributed by atoms with Crippen molar-refractivity contribution in [2.75, 3.05) is 52.9 Å². The number of nitrogens with one attached hydrogen (secondary N) is 1. The monoisotopic (exact) mass is 507 g/mol. The molecule has 1 heterocycles. The molecule has 1 aromatic carbocycles. The molecule has 27 heavy (non-hydrogen) atoms. The third kappa shape index (κ3) is 7.75. The summed E-state index contributed by atoms with van der Waals surface area (Å²) in [5.74, 6) is 0.937. The molecule has 1 aromatic rings. The molecule has 1 aliphatic rings. The minimum atomic E-state index is 0. The van der Waals surface area contributed by atoms with E-state index in [1.165, 1.54) is 0 Å². The van der Waals surface area contributed by atoms with Crippen LogP contribution in [0.1, 0.15) is 26.3 Å². The van der Waals surface area contributed by atoms with Crippen LogP contribution in [0.15, 0.2) is 29.3 Å². The Bertz CT molecular complexity index is 575. The summed E-state index contributed by atoms with van der Waals surface area (Å²) in [5, 5.41) is 4.21. The van der Waals surface area contributed by atoms with Gasteiger partial charge in [-0.2, -0.15) is 0 Å². The molecule has 2 rings (SSSR count). The number of benzene rings is 1. The van der Waals surface area contributed by atoms with Gasteiger partial charge in [-0.25, -0.2) is 0 Å². The van der Waals surface area contributed by atoms with E-state index in [0.29, 0.717) is 6.04 Å². The lowest BCUT2D eigenvalue weighted by Gasteiger charge is -2.37. The Morgan fingerprint density at radius 1 is 1.22 bits per heavy atom. The molecule has 1 aliphatic heterocycles. The van der Waals surface area contributed by atoms with Gasteiger partial charge in [0.1, 0.15) is 0 Å². The predicted molar refractivity (Wildman–Crippen MR) is 127 cm³/mol. The zero-order valence-corrected chi connectivity index (χ0v) is 20.2. The van der Waals surface area contributed by atoms with E-state index in [2.05, 4.69) is 53.9 Å². The van der Waals surface area contributed by atoms with Crippen molar-refractivity contribution in [1.29, 1.82) is 0 Å². The highest BCUT2D eigenvalue weighted by atomic mass is 127. The summed E-state index contributed by atoms with van der Waals surface area (Å²) in [6.45, 7) is 14.8. The average molecular weight is 508 g/mol. The molecule has 0 spiro atoms. The molecule has 0 amide bonds. The number of guanidine groups is 1. The fraction of sp³-hybridized carbons (Fsp3) is 0.650. The summed E-state index contributed by atoms with van der Waals surface area (Å²) in [5.41, 5.74) is 1.12. The molecule has 1 atom stereocenters. The van der Waals surface area contributed by atoms with Gasteiger partial charge in [-0.05, 0) is 32.0 Å². The Morgan fingerprint density at radius 2 is 1.89 bits per heavy atom. The Kier molecular flexibility index (Phi) is 11.6. The van der Waals surface area contributed by atoms with E-state index >= 15 is 0 Å². The standard InChI is InChI=1S/C20H34ClN5.HI/c1-5-22-20(24(4)16-18-9-7-8-10-19(18)21)23-15-17(3)26-13-11-25(6-2)12-14-26;/h7-10,17H,5-6,11-16H2,1-4H3,(H,22,23);1H. The number of nitrogens with zero attached hydrogens (tertiary/aromatic N) is 4. The normalized spacial score (nSPS) is 17.3. The van der Waals surface area contributed by atoms with Crippen LogP contribution in [0.2, 0.25) is 5.02 Å². The van der Waals surface area contributed by atoms with Crippen molar-refractivity contribution < 1.29 is 0 Å². The van der Waals surface area contributed by atoms with Crippen molar-refractivity contribution in [1.82, 2.24) is 20.0 Å². The first-order chi connectivity index (χ1) is 12.5. The highest BCUT2D eigenvalue weighted by Crippen LogP contribution is 2.16. The van der Waals surface area contributed by atoms with Crippen LogP contribution in [-0.2, 0) is 6.54 Å². The second-order valence-electron chi connectivity index (χ2n) is 6.96. The lowest BCUT2D eigenvalue weighted by atomic mass is 10.2. The molecule has 0 aliphatic carbocycles. The molecule has 1 saturated heterocycles. The van der Waals surface area contributed by atoms with E-state index in [9.17, 15) is 0 Å². The number of hydrogen-bond donors (Lipinski definition) is 1. The van der Waals surface area contributed by atoms with Gasteiger partial charge in [0.05, 0.1) is 6.54 Å². The van der Waals surface area contributed by atoms with Gasteiger partial charge < -0.3 is 15.1 Å². The van der Waals surface area contributed by atoms with Crippen molar-refractivity contribution in [3.8, 4) is 0 Å². The fourth-order valence-electron chi connectivity index (χ4n) is 3.28. The molecule has 1 unspecified atom stereocenters. The molecule has 0 bridgehead atoms. The van der Waals surface area contributed by atoms with E-state index in [-0.39, 0.29) is 24.0 Å². The maximum Gasteiger partial charge on any atom is 0.194 e. The van der Waals surface area contributed by atoms with Gasteiger partial charge in [-0.3, -0.25) is 9.89 Å². The van der Waals surface area contributed by atoms with Gasteiger partial charge in [-0.1, -0.05) is 36.7 Å². The first-order valence-corrected chi connectivity index (χ1v) is 10.1. The fourth-order valence-corrected chi connectivity index (χ4v) is 3.48. The predicted octanol–water partition coefficient (Wildman–Crippen LogP) is 3.38. The first-order valence-electron chi connectivity index (χ1n) is 9.74. The van der Waals surface area contributed by atoms with Gasteiger partial charge in [0.2, 0.25) is 0 Å². The van der Waals surface area contributed by atoms with E-state index in [4.69, 9.17) is 16.6 Å². The minimum absolute atomic E-state index is 0. The number of likely N-dealkylation sites (N-methyl/N-ethyl adjacent to an activating group) is 1. The quantitative estimate of drug-likeness (QED) is 0.349. The van der Waals surface area contributed by atoms with Gasteiger partial charge >= 0.3 is 0 Å². The zero-order chi connectivity index (χ0) is 18.9. The number of piperazine rings is 1. The van der Waals surface area contributed by atoms with Crippen LogP contribution < -0.4 is 5.32 Å². The largest absolute Gasteiger partial charge is 0.357 e. The Labute approximate surface area is 187 Å². The highest BCUT2D eigenvalue weighted by molar-refractivity contribution is 14.0. The number of aliphatic imine (C=N–C) groups is 1. The smallest absolute Gasteiger partial charge is 0.194 e. The van der Waals surface area contributed by atoms with Crippen molar-refractivity contribution in [2.45, 2.75) is 33.4 Å². The molecular weight excluding hydrogens is 473 g/mol. The molecule has 1 fully saturated rings. The van der Waals surface area contributed by atoms with Crippen LogP contribution in [0.5, 0.6) is 0 Å². The number of rotatable bonds is 7. The third-order valence-corrected chi connectivity index (χ3v) is 5.41. The van der Waals surface area contributed by atoms with Gasteiger partial charge in [-0.15, -0.1) is 24.0 Å². The molecule has 154 valence electrons. The van der Waals surface area contributed by atoms with Crippen LogP contribution >= 0.6 is 35.6 Å². The van der Waals surface area contributed by atoms with E-state index < -0.39 is 0 Å². The van der Waals surface area contributed by atoms with Crippen molar-refractivity contribution in [3.63, 3.8) is 0 Å². The summed E-state index contributed by atoms with van der Waals surface area (Å²) >= 11 is 6.31. The second kappa shape index (κ2) is 12.8. The zero-order valence-electron chi connectivity index (χ0n) is 17.1. The van der Waals surface area contributed by atoms with Crippen LogP contribution in [0.3, 0.4) is 0 Å². The number of halogens is 2. The van der Waals surface area contributed by atoms with Crippen molar-refractivity contribution >= 4 is 41.5 Å². The SMILES string of the molecule is CCNC(=NCC(C)N1CCN(CC)CC1)N(C)Cc1ccccc1Cl.I. The van der Waals surface area contributed by atoms with Gasteiger partial charge in [0.25, 0.3) is 0 Å². The second-order valence-corrected chi connectivity index (χ2v) is 7.37. The third-order valence-electron chi connectivity index (χ3n) is 5.04. The van der Waals surface area contributed by atoms with E-state index in [1.807, 2.05) is 18.2 Å². The number of hydrogen-bond acceptors (Lipinski definition) is 3. The molecule has 0 saturated carbocycles. The molecule has 5 nitrogen and oxygen atoms in total. The van der Waals surface area contributed by atoms with Crippen molar-refractivity contribution in [2.24, 2.45) is 4.99 Å². The first kappa shape index (κ1) is 24.5. The van der Waals surface area contributed by atoms with Crippen LogP contribution in [0.4, 0.5) is 0 Å². The lowest BCUT2D eigenvalue weighted by Crippen LogP contribution is -2.50. The molecule has 7 heteroatoms. The Hall–Kier alpha value is -0.570. The highest BCUT2D eigenvalue weighted by Gasteiger charge is 2.20. The van der Waals surface area contributed by atoms with E-state index in [1.54, 1.807) is 0 Å². The van der Waals surface area contributed by atoms with Crippen LogP contribution in [0, 0.1) is 0 Å². The van der Waals surface area contributed by atoms with Crippen LogP contribution in [-0.4, -0.2) is 79.6 Å². The summed E-state index contributed by atoms with van der Waals surface area (Å²) in [6, 6.07) is 8.45. The molecule has 0 radical (unpaired) electrons. The van der Waals surface area contributed by atoms with Gasteiger partial charge in [0, 0.05) is 57.4 Å². The summed E-state index contributed by atoms with van der Waals surface area (Å²) < 4.78 is 0. The maximum absolute atomic E-state index is 6.31. The molecule has 0 aromatic heterocycles. The minimum Gasteiger partial charge on any atom is -0.357 e. The average Bonchev–Trinajstić information content (AvgIpc) is 2.66. The van der Waals surface area contributed by atoms with Crippen molar-refractivity contribution in [3.05, 3.63) is 34.9 Å². The lowest BCUT2D eigenvalue weighted by molar-refractivity contribution is 0.109.